The summed E-state index contributed by atoms with van der Waals surface area (Å²) in [6, 6.07) is 14.4. The zero-order chi connectivity index (χ0) is 17.3. The lowest BCUT2D eigenvalue weighted by Crippen LogP contribution is -2.49. The van der Waals surface area contributed by atoms with E-state index in [2.05, 4.69) is 59.3 Å². The van der Waals surface area contributed by atoms with Crippen LogP contribution in [0.1, 0.15) is 25.8 Å². The van der Waals surface area contributed by atoms with Crippen molar-refractivity contribution in [1.29, 1.82) is 0 Å². The molecule has 0 saturated carbocycles. The molecule has 2 aromatic carbocycles. The van der Waals surface area contributed by atoms with Crippen LogP contribution < -0.4 is 5.73 Å². The van der Waals surface area contributed by atoms with Crippen LogP contribution >= 0.6 is 0 Å². The number of nitrogens with zero attached hydrogens (tertiary/aromatic N) is 1. The van der Waals surface area contributed by atoms with Crippen LogP contribution in [0, 0.1) is 5.92 Å². The fraction of sp³-hybridized carbons (Fsp3) is 0.450. The van der Waals surface area contributed by atoms with E-state index in [1.54, 1.807) is 0 Å². The van der Waals surface area contributed by atoms with E-state index in [0.29, 0.717) is 0 Å². The number of nitrogens with two attached hydrogens (primary N) is 1. The van der Waals surface area contributed by atoms with Gasteiger partial charge in [-0.2, -0.15) is 0 Å². The third-order valence-corrected chi connectivity index (χ3v) is 4.87. The summed E-state index contributed by atoms with van der Waals surface area (Å²) in [5.41, 5.74) is 6.39. The zero-order valence-electron chi connectivity index (χ0n) is 15.0. The second-order valence-electron chi connectivity index (χ2n) is 7.78. The Morgan fingerprint density at radius 3 is 2.26 bits per heavy atom. The Morgan fingerprint density at radius 2 is 1.70 bits per heavy atom. The number of benzene rings is 2. The Balaban J connectivity index is 2.67. The molecule has 0 aromatic heterocycles. The van der Waals surface area contributed by atoms with Gasteiger partial charge >= 0.3 is 0 Å². The summed E-state index contributed by atoms with van der Waals surface area (Å²) in [6.45, 7) is 5.09. The molecule has 0 aliphatic heterocycles. The Morgan fingerprint density at radius 1 is 1.09 bits per heavy atom. The van der Waals surface area contributed by atoms with Crippen LogP contribution in [-0.4, -0.2) is 38.1 Å². The molecule has 0 fully saturated rings. The van der Waals surface area contributed by atoms with Crippen molar-refractivity contribution in [3.63, 3.8) is 0 Å². The van der Waals surface area contributed by atoms with Gasteiger partial charge in [0.05, 0.1) is 33.1 Å². The molecule has 0 spiro atoms. The van der Waals surface area contributed by atoms with Crippen LogP contribution in [0.3, 0.4) is 0 Å². The maximum absolute atomic E-state index is 12.6. The molecule has 2 aromatic rings. The topological polar surface area (TPSA) is 43.1 Å². The van der Waals surface area contributed by atoms with Crippen molar-refractivity contribution in [3.8, 4) is 0 Å². The average Bonchev–Trinajstić information content (AvgIpc) is 2.46. The second kappa shape index (κ2) is 6.32. The highest BCUT2D eigenvalue weighted by atomic mass is 16.1. The molecule has 0 heterocycles. The molecule has 0 radical (unpaired) electrons. The minimum absolute atomic E-state index is 0.136. The molecule has 0 aliphatic rings. The first-order valence-corrected chi connectivity index (χ1v) is 8.27. The predicted octanol–water partition coefficient (Wildman–Crippen LogP) is 3.32. The number of hydrogen-bond donors (Lipinski definition) is 1. The van der Waals surface area contributed by atoms with Gasteiger partial charge in [0.2, 0.25) is 5.91 Å². The van der Waals surface area contributed by atoms with Crippen LogP contribution in [0.5, 0.6) is 0 Å². The summed E-state index contributed by atoms with van der Waals surface area (Å²) < 4.78 is 0.812. The number of quaternary nitrogens is 1. The summed E-state index contributed by atoms with van der Waals surface area (Å²) in [4.78, 5) is 12.6. The van der Waals surface area contributed by atoms with Crippen LogP contribution in [0.25, 0.3) is 10.8 Å². The highest BCUT2D eigenvalue weighted by Gasteiger charge is 2.43. The van der Waals surface area contributed by atoms with Crippen LogP contribution in [0.2, 0.25) is 0 Å². The van der Waals surface area contributed by atoms with E-state index in [0.717, 1.165) is 33.8 Å². The third-order valence-electron chi connectivity index (χ3n) is 4.87. The van der Waals surface area contributed by atoms with Crippen molar-refractivity contribution >= 4 is 16.7 Å². The average molecular weight is 313 g/mol. The number of hydrogen-bond acceptors (Lipinski definition) is 1. The Bertz CT molecular complexity index is 695. The lowest BCUT2D eigenvalue weighted by molar-refractivity contribution is -0.871. The van der Waals surface area contributed by atoms with Crippen LogP contribution in [0.15, 0.2) is 42.5 Å². The normalized spacial score (nSPS) is 14.9. The van der Waals surface area contributed by atoms with E-state index >= 15 is 0 Å². The minimum Gasteiger partial charge on any atom is -0.369 e. The van der Waals surface area contributed by atoms with Crippen molar-refractivity contribution in [2.24, 2.45) is 11.7 Å². The molecule has 0 aliphatic carbocycles. The monoisotopic (exact) mass is 313 g/mol. The Hall–Kier alpha value is -1.87. The second-order valence-corrected chi connectivity index (χ2v) is 7.78. The fourth-order valence-electron chi connectivity index (χ4n) is 3.40. The van der Waals surface area contributed by atoms with E-state index in [1.807, 2.05) is 18.2 Å². The molecular weight excluding hydrogens is 284 g/mol. The zero-order valence-corrected chi connectivity index (χ0v) is 15.0. The standard InChI is InChI=1S/C20H28N2O/c1-15(2)20(19(21)23,13-14-22(3,4)5)18-12-8-10-16-9-6-7-11-17(16)18/h6-12,15H,13-14H2,1-5H3,(H-,21,23)/p+1. The van der Waals surface area contributed by atoms with Gasteiger partial charge in [-0.15, -0.1) is 0 Å². The van der Waals surface area contributed by atoms with Gasteiger partial charge in [-0.3, -0.25) is 4.79 Å². The maximum Gasteiger partial charge on any atom is 0.228 e. The van der Waals surface area contributed by atoms with Gasteiger partial charge in [-0.25, -0.2) is 0 Å². The van der Waals surface area contributed by atoms with Gasteiger partial charge < -0.3 is 10.2 Å². The summed E-state index contributed by atoms with van der Waals surface area (Å²) >= 11 is 0. The van der Waals surface area contributed by atoms with Gasteiger partial charge in [-0.05, 0) is 22.3 Å². The predicted molar refractivity (Wildman–Crippen MR) is 97.2 cm³/mol. The molecule has 1 atom stereocenters. The highest BCUT2D eigenvalue weighted by molar-refractivity contribution is 5.95. The molecule has 1 amide bonds. The molecule has 2 rings (SSSR count). The van der Waals surface area contributed by atoms with E-state index in [-0.39, 0.29) is 11.8 Å². The number of carbonyl (C=O) groups excluding carboxylic acids is 1. The molecule has 0 bridgehead atoms. The van der Waals surface area contributed by atoms with Crippen molar-refractivity contribution in [2.45, 2.75) is 25.7 Å². The molecular formula is C20H29N2O+. The summed E-state index contributed by atoms with van der Waals surface area (Å²) in [5, 5.41) is 2.28. The lowest BCUT2D eigenvalue weighted by atomic mass is 9.67. The van der Waals surface area contributed by atoms with Crippen LogP contribution in [-0.2, 0) is 10.2 Å². The summed E-state index contributed by atoms with van der Waals surface area (Å²) in [6.07, 6.45) is 0.748. The van der Waals surface area contributed by atoms with Gasteiger partial charge in [-0.1, -0.05) is 56.3 Å². The minimum atomic E-state index is -0.646. The summed E-state index contributed by atoms with van der Waals surface area (Å²) in [5.74, 6) is -0.0883. The first kappa shape index (κ1) is 17.5. The number of carbonyl (C=O) groups is 1. The molecule has 1 unspecified atom stereocenters. The first-order valence-electron chi connectivity index (χ1n) is 8.27. The number of rotatable bonds is 6. The molecule has 0 saturated heterocycles. The Labute approximate surface area is 139 Å². The largest absolute Gasteiger partial charge is 0.369 e. The van der Waals surface area contributed by atoms with Gasteiger partial charge in [0.1, 0.15) is 0 Å². The van der Waals surface area contributed by atoms with Crippen LogP contribution in [0.4, 0.5) is 0 Å². The van der Waals surface area contributed by atoms with Crippen molar-refractivity contribution in [3.05, 3.63) is 48.0 Å². The van der Waals surface area contributed by atoms with Gasteiger partial charge in [0, 0.05) is 6.42 Å². The third kappa shape index (κ3) is 3.40. The molecule has 3 heteroatoms. The van der Waals surface area contributed by atoms with E-state index in [4.69, 9.17) is 5.73 Å². The molecule has 23 heavy (non-hydrogen) atoms. The van der Waals surface area contributed by atoms with Crippen molar-refractivity contribution in [1.82, 2.24) is 0 Å². The smallest absolute Gasteiger partial charge is 0.228 e. The first-order chi connectivity index (χ1) is 10.7. The number of primary amides is 1. The molecule has 124 valence electrons. The maximum atomic E-state index is 12.6. The van der Waals surface area contributed by atoms with E-state index in [9.17, 15) is 4.79 Å². The van der Waals surface area contributed by atoms with E-state index < -0.39 is 5.41 Å². The van der Waals surface area contributed by atoms with Crippen molar-refractivity contribution in [2.75, 3.05) is 27.7 Å². The summed E-state index contributed by atoms with van der Waals surface area (Å²) in [7, 11) is 6.44. The quantitative estimate of drug-likeness (QED) is 0.817. The van der Waals surface area contributed by atoms with E-state index in [1.165, 1.54) is 0 Å². The molecule has 3 nitrogen and oxygen atoms in total. The van der Waals surface area contributed by atoms with Crippen molar-refractivity contribution < 1.29 is 9.28 Å². The SMILES string of the molecule is CC(C)C(CC[N+](C)(C)C)(C(N)=O)c1cccc2ccccc12. The van der Waals surface area contributed by atoms with Gasteiger partial charge in [0.15, 0.2) is 0 Å². The van der Waals surface area contributed by atoms with Gasteiger partial charge in [0.25, 0.3) is 0 Å². The Kier molecular flexibility index (Phi) is 4.81. The molecule has 2 N–H and O–H groups in total. The number of amides is 1. The highest BCUT2D eigenvalue weighted by Crippen LogP contribution is 2.40. The number of fused-ring (bicyclic) bond motifs is 1. The lowest BCUT2D eigenvalue weighted by Gasteiger charge is -2.38. The fourth-order valence-corrected chi connectivity index (χ4v) is 3.40.